The quantitative estimate of drug-likeness (QED) is 0.905. The van der Waals surface area contributed by atoms with Gasteiger partial charge in [-0.05, 0) is 19.3 Å². The summed E-state index contributed by atoms with van der Waals surface area (Å²) in [5.41, 5.74) is 0.317. The van der Waals surface area contributed by atoms with Gasteiger partial charge in [0.25, 0.3) is 0 Å². The van der Waals surface area contributed by atoms with E-state index in [-0.39, 0.29) is 0 Å². The van der Waals surface area contributed by atoms with Gasteiger partial charge in [0.05, 0.1) is 0 Å². The van der Waals surface area contributed by atoms with E-state index < -0.39 is 0 Å². The molecule has 1 N–H and O–H groups in total. The second-order valence-corrected chi connectivity index (χ2v) is 6.85. The maximum atomic E-state index is 4.30. The third-order valence-electron chi connectivity index (χ3n) is 4.16. The van der Waals surface area contributed by atoms with Crippen molar-refractivity contribution in [2.24, 2.45) is 5.41 Å². The number of nitrogens with zero attached hydrogens (tertiary/aromatic N) is 3. The number of hydrogen-bond donors (Lipinski definition) is 1. The minimum absolute atomic E-state index is 0.317. The molecule has 0 aliphatic carbocycles. The highest BCUT2D eigenvalue weighted by molar-refractivity contribution is 4.93. The lowest BCUT2D eigenvalue weighted by Gasteiger charge is -2.46. The van der Waals surface area contributed by atoms with Crippen LogP contribution in [0.5, 0.6) is 0 Å². The Kier molecular flexibility index (Phi) is 4.31. The fraction of sp³-hybridized carbons (Fsp3) is 0.800. The van der Waals surface area contributed by atoms with Gasteiger partial charge in [0, 0.05) is 50.7 Å². The van der Waals surface area contributed by atoms with E-state index in [2.05, 4.69) is 60.6 Å². The van der Waals surface area contributed by atoms with Gasteiger partial charge in [0.2, 0.25) is 0 Å². The lowest BCUT2D eigenvalue weighted by Crippen LogP contribution is -2.60. The zero-order chi connectivity index (χ0) is 14.0. The van der Waals surface area contributed by atoms with Crippen molar-refractivity contribution in [2.45, 2.75) is 53.2 Å². The van der Waals surface area contributed by atoms with Gasteiger partial charge in [-0.3, -0.25) is 4.90 Å². The van der Waals surface area contributed by atoms with Gasteiger partial charge in [0.15, 0.2) is 0 Å². The van der Waals surface area contributed by atoms with Gasteiger partial charge in [0.1, 0.15) is 5.82 Å². The van der Waals surface area contributed by atoms with Crippen molar-refractivity contribution in [3.8, 4) is 0 Å². The molecule has 2 heterocycles. The normalized spacial score (nSPS) is 25.7. The second-order valence-electron chi connectivity index (χ2n) is 6.85. The summed E-state index contributed by atoms with van der Waals surface area (Å²) in [5.74, 6) is 1.11. The van der Waals surface area contributed by atoms with Crippen LogP contribution in [-0.2, 0) is 6.54 Å². The van der Waals surface area contributed by atoms with E-state index in [0.717, 1.165) is 32.0 Å². The third kappa shape index (κ3) is 3.57. The van der Waals surface area contributed by atoms with Crippen molar-refractivity contribution >= 4 is 0 Å². The molecule has 2 unspecified atom stereocenters. The first-order chi connectivity index (χ1) is 8.88. The highest BCUT2D eigenvalue weighted by Gasteiger charge is 2.33. The van der Waals surface area contributed by atoms with E-state index in [1.54, 1.807) is 0 Å². The van der Waals surface area contributed by atoms with Crippen molar-refractivity contribution in [3.05, 3.63) is 18.2 Å². The van der Waals surface area contributed by atoms with Crippen LogP contribution in [0.3, 0.4) is 0 Å². The third-order valence-corrected chi connectivity index (χ3v) is 4.16. The van der Waals surface area contributed by atoms with Crippen LogP contribution in [0, 0.1) is 12.3 Å². The van der Waals surface area contributed by atoms with Gasteiger partial charge in [-0.25, -0.2) is 4.98 Å². The van der Waals surface area contributed by atoms with Crippen molar-refractivity contribution < 1.29 is 0 Å². The molecule has 1 aromatic heterocycles. The topological polar surface area (TPSA) is 33.1 Å². The van der Waals surface area contributed by atoms with Crippen LogP contribution in [0.4, 0.5) is 0 Å². The molecule has 0 saturated carbocycles. The number of aromatic nitrogens is 2. The summed E-state index contributed by atoms with van der Waals surface area (Å²) in [4.78, 5) is 6.93. The molecule has 2 rings (SSSR count). The summed E-state index contributed by atoms with van der Waals surface area (Å²) in [6, 6.07) is 1.19. The van der Waals surface area contributed by atoms with E-state index in [1.807, 2.05) is 6.20 Å². The first-order valence-corrected chi connectivity index (χ1v) is 7.33. The number of rotatable bonds is 3. The van der Waals surface area contributed by atoms with Crippen molar-refractivity contribution in [2.75, 3.05) is 19.6 Å². The van der Waals surface area contributed by atoms with Crippen LogP contribution in [-0.4, -0.2) is 46.2 Å². The number of piperazine rings is 1. The van der Waals surface area contributed by atoms with Gasteiger partial charge in [-0.15, -0.1) is 0 Å². The molecule has 1 aromatic rings. The van der Waals surface area contributed by atoms with Crippen molar-refractivity contribution in [1.29, 1.82) is 0 Å². The van der Waals surface area contributed by atoms with E-state index in [9.17, 15) is 0 Å². The minimum Gasteiger partial charge on any atom is -0.334 e. The van der Waals surface area contributed by atoms with Gasteiger partial charge in [-0.1, -0.05) is 20.8 Å². The smallest absolute Gasteiger partial charge is 0.105 e. The predicted molar refractivity (Wildman–Crippen MR) is 79.2 cm³/mol. The Morgan fingerprint density at radius 1 is 1.37 bits per heavy atom. The number of nitrogens with one attached hydrogen (secondary N) is 1. The molecule has 0 aromatic carbocycles. The molecule has 2 atom stereocenters. The Bertz CT molecular complexity index is 405. The lowest BCUT2D eigenvalue weighted by molar-refractivity contribution is 0.0561. The second kappa shape index (κ2) is 5.63. The number of aryl methyl sites for hydroxylation is 1. The first kappa shape index (κ1) is 14.5. The van der Waals surface area contributed by atoms with Gasteiger partial charge in [-0.2, -0.15) is 0 Å². The maximum absolute atomic E-state index is 4.30. The summed E-state index contributed by atoms with van der Waals surface area (Å²) in [7, 11) is 0. The molecule has 1 aliphatic heterocycles. The monoisotopic (exact) mass is 264 g/mol. The highest BCUT2D eigenvalue weighted by atomic mass is 15.3. The molecule has 0 bridgehead atoms. The van der Waals surface area contributed by atoms with Crippen LogP contribution in [0.25, 0.3) is 0 Å². The fourth-order valence-electron chi connectivity index (χ4n) is 2.96. The number of hydrogen-bond acceptors (Lipinski definition) is 3. The van der Waals surface area contributed by atoms with Crippen LogP contribution < -0.4 is 5.32 Å². The Morgan fingerprint density at radius 2 is 2.11 bits per heavy atom. The van der Waals surface area contributed by atoms with Gasteiger partial charge < -0.3 is 9.88 Å². The Balaban J connectivity index is 2.00. The average Bonchev–Trinajstić information content (AvgIpc) is 2.70. The molecular weight excluding hydrogens is 236 g/mol. The standard InChI is InChI=1S/C15H28N4/c1-12-11-19(14(10-17-12)15(3,4)5)9-8-18-7-6-16-13(18)2/h6-7,12,14,17H,8-11H2,1-5H3. The Labute approximate surface area is 117 Å². The summed E-state index contributed by atoms with van der Waals surface area (Å²) >= 11 is 0. The fourth-order valence-corrected chi connectivity index (χ4v) is 2.96. The lowest BCUT2D eigenvalue weighted by atomic mass is 9.84. The molecule has 108 valence electrons. The molecule has 4 nitrogen and oxygen atoms in total. The molecule has 1 aliphatic rings. The van der Waals surface area contributed by atoms with E-state index in [1.165, 1.54) is 0 Å². The van der Waals surface area contributed by atoms with Crippen molar-refractivity contribution in [3.63, 3.8) is 0 Å². The zero-order valence-corrected chi connectivity index (χ0v) is 13.0. The summed E-state index contributed by atoms with van der Waals surface area (Å²) in [5, 5.41) is 3.61. The largest absolute Gasteiger partial charge is 0.334 e. The van der Waals surface area contributed by atoms with E-state index in [4.69, 9.17) is 0 Å². The Hall–Kier alpha value is -0.870. The SMILES string of the molecule is Cc1nccn1CCN1CC(C)NCC1C(C)(C)C. The highest BCUT2D eigenvalue weighted by Crippen LogP contribution is 2.26. The summed E-state index contributed by atoms with van der Waals surface area (Å²) < 4.78 is 2.24. The molecule has 19 heavy (non-hydrogen) atoms. The van der Waals surface area contributed by atoms with Crippen LogP contribution >= 0.6 is 0 Å². The first-order valence-electron chi connectivity index (χ1n) is 7.33. The molecule has 4 heteroatoms. The molecule has 1 saturated heterocycles. The molecule has 0 amide bonds. The van der Waals surface area contributed by atoms with Crippen molar-refractivity contribution in [1.82, 2.24) is 19.8 Å². The van der Waals surface area contributed by atoms with E-state index >= 15 is 0 Å². The predicted octanol–water partition coefficient (Wildman–Crippen LogP) is 1.90. The molecule has 1 fully saturated rings. The number of imidazole rings is 1. The van der Waals surface area contributed by atoms with Crippen LogP contribution in [0.1, 0.15) is 33.5 Å². The summed E-state index contributed by atoms with van der Waals surface area (Å²) in [6.45, 7) is 15.7. The average molecular weight is 264 g/mol. The Morgan fingerprint density at radius 3 is 2.68 bits per heavy atom. The van der Waals surface area contributed by atoms with Gasteiger partial charge >= 0.3 is 0 Å². The maximum Gasteiger partial charge on any atom is 0.105 e. The van der Waals surface area contributed by atoms with E-state index in [0.29, 0.717) is 17.5 Å². The minimum atomic E-state index is 0.317. The van der Waals surface area contributed by atoms with Crippen LogP contribution in [0.2, 0.25) is 0 Å². The van der Waals surface area contributed by atoms with Crippen LogP contribution in [0.15, 0.2) is 12.4 Å². The molecule has 0 spiro atoms. The zero-order valence-electron chi connectivity index (χ0n) is 13.0. The molecular formula is C15H28N4. The molecule has 0 radical (unpaired) electrons. The summed E-state index contributed by atoms with van der Waals surface area (Å²) in [6.07, 6.45) is 3.96.